The Morgan fingerprint density at radius 3 is 2.65 bits per heavy atom. The first-order valence-corrected chi connectivity index (χ1v) is 7.97. The Bertz CT molecular complexity index is 592. The second kappa shape index (κ2) is 7.53. The minimum atomic E-state index is -0.591. The highest BCUT2D eigenvalue weighted by Gasteiger charge is 2.31. The second-order valence-electron chi connectivity index (χ2n) is 6.10. The van der Waals surface area contributed by atoms with E-state index in [0.29, 0.717) is 25.7 Å². The van der Waals surface area contributed by atoms with Gasteiger partial charge in [-0.25, -0.2) is 8.78 Å². The van der Waals surface area contributed by atoms with Gasteiger partial charge in [-0.1, -0.05) is 13.3 Å². The van der Waals surface area contributed by atoms with Crippen LogP contribution in [0.15, 0.2) is 18.2 Å². The predicted molar refractivity (Wildman–Crippen MR) is 82.2 cm³/mol. The van der Waals surface area contributed by atoms with Gasteiger partial charge in [-0.2, -0.15) is 0 Å². The predicted octanol–water partition coefficient (Wildman–Crippen LogP) is 2.82. The summed E-state index contributed by atoms with van der Waals surface area (Å²) in [5.41, 5.74) is 5.46. The van der Waals surface area contributed by atoms with E-state index < -0.39 is 17.7 Å². The standard InChI is InChI=1S/C17H22F2N2O2/c1-2-15(13-9-12(18)6-7-14(13)19)21-17(23)11-5-3-4-10(8-11)16(20)22/h6-7,9-11,15H,2-5,8H2,1H3,(H2,20,22)(H,21,23). The third-order valence-electron chi connectivity index (χ3n) is 4.51. The molecule has 1 aliphatic rings. The van der Waals surface area contributed by atoms with Crippen LogP contribution >= 0.6 is 0 Å². The molecule has 1 saturated carbocycles. The summed E-state index contributed by atoms with van der Waals surface area (Å²) in [7, 11) is 0. The van der Waals surface area contributed by atoms with Crippen molar-refractivity contribution in [1.29, 1.82) is 0 Å². The van der Waals surface area contributed by atoms with E-state index in [1.165, 1.54) is 0 Å². The maximum Gasteiger partial charge on any atom is 0.223 e. The number of halogens is 2. The number of rotatable bonds is 5. The van der Waals surface area contributed by atoms with Crippen molar-refractivity contribution in [2.24, 2.45) is 17.6 Å². The van der Waals surface area contributed by atoms with Gasteiger partial charge >= 0.3 is 0 Å². The topological polar surface area (TPSA) is 72.2 Å². The zero-order chi connectivity index (χ0) is 17.0. The monoisotopic (exact) mass is 324 g/mol. The maximum absolute atomic E-state index is 13.9. The molecule has 1 aliphatic carbocycles. The molecule has 0 aliphatic heterocycles. The van der Waals surface area contributed by atoms with Crippen LogP contribution in [0.2, 0.25) is 0 Å². The van der Waals surface area contributed by atoms with E-state index in [9.17, 15) is 18.4 Å². The Kier molecular flexibility index (Phi) is 5.69. The van der Waals surface area contributed by atoms with Crippen molar-refractivity contribution in [3.8, 4) is 0 Å². The number of benzene rings is 1. The first kappa shape index (κ1) is 17.4. The summed E-state index contributed by atoms with van der Waals surface area (Å²) < 4.78 is 27.2. The van der Waals surface area contributed by atoms with Crippen LogP contribution in [0.3, 0.4) is 0 Å². The van der Waals surface area contributed by atoms with E-state index in [1.807, 2.05) is 0 Å². The number of nitrogens with one attached hydrogen (secondary N) is 1. The smallest absolute Gasteiger partial charge is 0.223 e. The maximum atomic E-state index is 13.9. The molecule has 0 aromatic heterocycles. The zero-order valence-corrected chi connectivity index (χ0v) is 13.1. The van der Waals surface area contributed by atoms with Gasteiger partial charge in [0.25, 0.3) is 0 Å². The molecule has 1 aromatic rings. The van der Waals surface area contributed by atoms with Crippen molar-refractivity contribution < 1.29 is 18.4 Å². The minimum absolute atomic E-state index is 0.142. The van der Waals surface area contributed by atoms with E-state index in [2.05, 4.69) is 5.32 Å². The third kappa shape index (κ3) is 4.27. The van der Waals surface area contributed by atoms with Crippen LogP contribution < -0.4 is 11.1 Å². The molecule has 3 N–H and O–H groups in total. The number of carbonyl (C=O) groups excluding carboxylic acids is 2. The fourth-order valence-electron chi connectivity index (χ4n) is 3.16. The van der Waals surface area contributed by atoms with Gasteiger partial charge in [0.1, 0.15) is 11.6 Å². The van der Waals surface area contributed by atoms with Crippen LogP contribution in [0.5, 0.6) is 0 Å². The Morgan fingerprint density at radius 1 is 1.30 bits per heavy atom. The number of carbonyl (C=O) groups is 2. The molecule has 0 heterocycles. The van der Waals surface area contributed by atoms with Crippen molar-refractivity contribution in [3.63, 3.8) is 0 Å². The van der Waals surface area contributed by atoms with Gasteiger partial charge in [0.05, 0.1) is 6.04 Å². The first-order valence-electron chi connectivity index (χ1n) is 7.97. The van der Waals surface area contributed by atoms with Gasteiger partial charge in [0.2, 0.25) is 11.8 Å². The summed E-state index contributed by atoms with van der Waals surface area (Å²) in [6.45, 7) is 1.79. The summed E-state index contributed by atoms with van der Waals surface area (Å²) in [6, 6.07) is 2.62. The van der Waals surface area contributed by atoms with Crippen LogP contribution in [-0.4, -0.2) is 11.8 Å². The minimum Gasteiger partial charge on any atom is -0.369 e. The van der Waals surface area contributed by atoms with Gasteiger partial charge in [-0.3, -0.25) is 9.59 Å². The lowest BCUT2D eigenvalue weighted by Crippen LogP contribution is -2.38. The molecule has 0 radical (unpaired) electrons. The average molecular weight is 324 g/mol. The van der Waals surface area contributed by atoms with Crippen molar-refractivity contribution in [1.82, 2.24) is 5.32 Å². The van der Waals surface area contributed by atoms with E-state index >= 15 is 0 Å². The van der Waals surface area contributed by atoms with E-state index in [1.54, 1.807) is 6.92 Å². The molecule has 6 heteroatoms. The summed E-state index contributed by atoms with van der Waals surface area (Å²) in [4.78, 5) is 23.7. The van der Waals surface area contributed by atoms with Crippen molar-refractivity contribution >= 4 is 11.8 Å². The molecule has 0 spiro atoms. The molecule has 2 amide bonds. The van der Waals surface area contributed by atoms with Gasteiger partial charge < -0.3 is 11.1 Å². The molecule has 0 bridgehead atoms. The van der Waals surface area contributed by atoms with Crippen LogP contribution in [0, 0.1) is 23.5 Å². The van der Waals surface area contributed by atoms with Crippen molar-refractivity contribution in [2.75, 3.05) is 0 Å². The van der Waals surface area contributed by atoms with Crippen molar-refractivity contribution in [2.45, 2.75) is 45.1 Å². The quantitative estimate of drug-likeness (QED) is 0.874. The molecule has 0 saturated heterocycles. The summed E-state index contributed by atoms with van der Waals surface area (Å²) in [5.74, 6) is -2.30. The molecule has 126 valence electrons. The lowest BCUT2D eigenvalue weighted by atomic mass is 9.80. The molecule has 23 heavy (non-hydrogen) atoms. The highest BCUT2D eigenvalue weighted by molar-refractivity contribution is 5.82. The molecule has 1 fully saturated rings. The normalized spacial score (nSPS) is 22.4. The molecule has 3 unspecified atom stereocenters. The lowest BCUT2D eigenvalue weighted by Gasteiger charge is -2.28. The Balaban J connectivity index is 2.07. The summed E-state index contributed by atoms with van der Waals surface area (Å²) in [5, 5.41) is 2.78. The number of hydrogen-bond acceptors (Lipinski definition) is 2. The summed E-state index contributed by atoms with van der Waals surface area (Å²) in [6.07, 6.45) is 3.00. The van der Waals surface area contributed by atoms with E-state index in [-0.39, 0.29) is 29.2 Å². The molecule has 1 aromatic carbocycles. The molecule has 2 rings (SSSR count). The van der Waals surface area contributed by atoms with Crippen LogP contribution in [-0.2, 0) is 9.59 Å². The Labute approximate surface area is 134 Å². The van der Waals surface area contributed by atoms with Gasteiger partial charge in [0, 0.05) is 17.4 Å². The van der Waals surface area contributed by atoms with E-state index in [4.69, 9.17) is 5.73 Å². The number of nitrogens with two attached hydrogens (primary N) is 1. The lowest BCUT2D eigenvalue weighted by molar-refractivity contribution is -0.129. The zero-order valence-electron chi connectivity index (χ0n) is 13.1. The molecule has 3 atom stereocenters. The van der Waals surface area contributed by atoms with Gasteiger partial charge in [0.15, 0.2) is 0 Å². The van der Waals surface area contributed by atoms with E-state index in [0.717, 1.165) is 24.6 Å². The summed E-state index contributed by atoms with van der Waals surface area (Å²) >= 11 is 0. The first-order chi connectivity index (χ1) is 10.9. The highest BCUT2D eigenvalue weighted by atomic mass is 19.1. The number of hydrogen-bond donors (Lipinski definition) is 2. The van der Waals surface area contributed by atoms with Crippen LogP contribution in [0.1, 0.15) is 50.6 Å². The Morgan fingerprint density at radius 2 is 2.00 bits per heavy atom. The SMILES string of the molecule is CCC(NC(=O)C1CCCC(C(N)=O)C1)c1cc(F)ccc1F. The molecular weight excluding hydrogens is 302 g/mol. The number of primary amides is 1. The average Bonchev–Trinajstić information content (AvgIpc) is 2.55. The van der Waals surface area contributed by atoms with Gasteiger partial charge in [-0.15, -0.1) is 0 Å². The fourth-order valence-corrected chi connectivity index (χ4v) is 3.16. The fraction of sp³-hybridized carbons (Fsp3) is 0.529. The second-order valence-corrected chi connectivity index (χ2v) is 6.10. The Hall–Kier alpha value is -1.98. The highest BCUT2D eigenvalue weighted by Crippen LogP contribution is 2.30. The number of amides is 2. The van der Waals surface area contributed by atoms with Crippen molar-refractivity contribution in [3.05, 3.63) is 35.4 Å². The molecular formula is C17H22F2N2O2. The van der Waals surface area contributed by atoms with Crippen LogP contribution in [0.4, 0.5) is 8.78 Å². The van der Waals surface area contributed by atoms with Crippen LogP contribution in [0.25, 0.3) is 0 Å². The molecule has 4 nitrogen and oxygen atoms in total. The third-order valence-corrected chi connectivity index (χ3v) is 4.51. The van der Waals surface area contributed by atoms with Gasteiger partial charge in [-0.05, 0) is 43.9 Å². The largest absolute Gasteiger partial charge is 0.369 e.